The molecule has 3 aromatic carbocycles. The maximum atomic E-state index is 12.9. The van der Waals surface area contributed by atoms with Crippen molar-refractivity contribution in [1.29, 1.82) is 0 Å². The topological polar surface area (TPSA) is 122 Å². The van der Waals surface area contributed by atoms with Crippen LogP contribution in [0.1, 0.15) is 16.7 Å². The number of carbonyl (C=O) groups excluding carboxylic acids is 1. The van der Waals surface area contributed by atoms with Crippen LogP contribution < -0.4 is 19.1 Å². The van der Waals surface area contributed by atoms with Gasteiger partial charge in [0.25, 0.3) is 10.0 Å². The standard InChI is InChI=1S/C25H29N3O6S2/c1-17-6-12-23(19(3)14-17)28(35(5,30)31)16-25(29)26-20-8-10-21(11-9-20)36(32,33)27-22-15-18(2)7-13-24(22)34-4/h6-15,27H,16H2,1-5H3,(H,26,29). The van der Waals surface area contributed by atoms with Gasteiger partial charge in [0.1, 0.15) is 12.3 Å². The predicted octanol–water partition coefficient (Wildman–Crippen LogP) is 3.83. The molecular weight excluding hydrogens is 502 g/mol. The van der Waals surface area contributed by atoms with Crippen LogP contribution in [0, 0.1) is 20.8 Å². The molecule has 11 heteroatoms. The Labute approximate surface area is 212 Å². The fourth-order valence-electron chi connectivity index (χ4n) is 3.62. The highest BCUT2D eigenvalue weighted by Crippen LogP contribution is 2.28. The molecule has 0 spiro atoms. The van der Waals surface area contributed by atoms with Crippen molar-refractivity contribution in [2.45, 2.75) is 25.7 Å². The van der Waals surface area contributed by atoms with E-state index in [0.29, 0.717) is 22.8 Å². The van der Waals surface area contributed by atoms with E-state index in [1.165, 1.54) is 31.4 Å². The number of aryl methyl sites for hydroxylation is 3. The van der Waals surface area contributed by atoms with Gasteiger partial charge in [0.2, 0.25) is 15.9 Å². The summed E-state index contributed by atoms with van der Waals surface area (Å²) in [4.78, 5) is 12.7. The molecule has 3 aromatic rings. The molecule has 0 heterocycles. The Bertz CT molecular complexity index is 1480. The molecule has 0 unspecified atom stereocenters. The zero-order chi connectivity index (χ0) is 26.7. The smallest absolute Gasteiger partial charge is 0.262 e. The number of amides is 1. The maximum absolute atomic E-state index is 12.9. The molecule has 0 atom stereocenters. The normalized spacial score (nSPS) is 11.6. The van der Waals surface area contributed by atoms with Crippen LogP contribution in [-0.2, 0) is 24.8 Å². The lowest BCUT2D eigenvalue weighted by molar-refractivity contribution is -0.114. The Morgan fingerprint density at radius 2 is 1.50 bits per heavy atom. The number of ether oxygens (including phenoxy) is 1. The summed E-state index contributed by atoms with van der Waals surface area (Å²) < 4.78 is 59.3. The number of sulfonamides is 2. The van der Waals surface area contributed by atoms with Gasteiger partial charge in [-0.25, -0.2) is 16.8 Å². The quantitative estimate of drug-likeness (QED) is 0.433. The highest BCUT2D eigenvalue weighted by atomic mass is 32.2. The Balaban J connectivity index is 1.75. The Morgan fingerprint density at radius 1 is 0.889 bits per heavy atom. The van der Waals surface area contributed by atoms with Gasteiger partial charge in [-0.3, -0.25) is 13.8 Å². The van der Waals surface area contributed by atoms with Crippen LogP contribution >= 0.6 is 0 Å². The summed E-state index contributed by atoms with van der Waals surface area (Å²) in [6, 6.07) is 16.0. The number of benzene rings is 3. The molecule has 9 nitrogen and oxygen atoms in total. The second kappa shape index (κ2) is 10.6. The molecule has 36 heavy (non-hydrogen) atoms. The van der Waals surface area contributed by atoms with Crippen LogP contribution in [0.5, 0.6) is 5.75 Å². The molecule has 0 aliphatic carbocycles. The summed E-state index contributed by atoms with van der Waals surface area (Å²) in [5.41, 5.74) is 3.59. The number of nitrogens with one attached hydrogen (secondary N) is 2. The van der Waals surface area contributed by atoms with Crippen molar-refractivity contribution in [3.8, 4) is 5.75 Å². The van der Waals surface area contributed by atoms with E-state index >= 15 is 0 Å². The minimum Gasteiger partial charge on any atom is -0.495 e. The van der Waals surface area contributed by atoms with E-state index < -0.39 is 32.5 Å². The Morgan fingerprint density at radius 3 is 2.08 bits per heavy atom. The Hall–Kier alpha value is -3.57. The lowest BCUT2D eigenvalue weighted by Crippen LogP contribution is -2.37. The molecule has 0 aliphatic rings. The molecule has 0 saturated carbocycles. The van der Waals surface area contributed by atoms with Crippen LogP contribution in [0.25, 0.3) is 0 Å². The average Bonchev–Trinajstić information content (AvgIpc) is 2.77. The molecular formula is C25H29N3O6S2. The van der Waals surface area contributed by atoms with Gasteiger partial charge < -0.3 is 10.1 Å². The molecule has 0 aromatic heterocycles. The summed E-state index contributed by atoms with van der Waals surface area (Å²) in [5, 5.41) is 2.62. The first-order valence-corrected chi connectivity index (χ1v) is 14.3. The first-order valence-electron chi connectivity index (χ1n) is 10.9. The monoisotopic (exact) mass is 531 g/mol. The highest BCUT2D eigenvalue weighted by Gasteiger charge is 2.23. The van der Waals surface area contributed by atoms with Gasteiger partial charge in [-0.2, -0.15) is 0 Å². The zero-order valence-corrected chi connectivity index (χ0v) is 22.3. The number of rotatable bonds is 9. The first kappa shape index (κ1) is 27.0. The largest absolute Gasteiger partial charge is 0.495 e. The summed E-state index contributed by atoms with van der Waals surface area (Å²) in [6.45, 7) is 5.07. The Kier molecular flexibility index (Phi) is 7.95. The van der Waals surface area contributed by atoms with Crippen LogP contribution in [0.2, 0.25) is 0 Å². The van der Waals surface area contributed by atoms with E-state index in [0.717, 1.165) is 27.3 Å². The third-order valence-corrected chi connectivity index (χ3v) is 7.86. The molecule has 2 N–H and O–H groups in total. The summed E-state index contributed by atoms with van der Waals surface area (Å²) in [5.74, 6) is -0.189. The van der Waals surface area contributed by atoms with E-state index in [-0.39, 0.29) is 4.90 Å². The maximum Gasteiger partial charge on any atom is 0.262 e. The second-order valence-corrected chi connectivity index (χ2v) is 12.0. The predicted molar refractivity (Wildman–Crippen MR) is 142 cm³/mol. The molecule has 3 rings (SSSR count). The first-order chi connectivity index (χ1) is 16.8. The molecule has 192 valence electrons. The van der Waals surface area contributed by atoms with Crippen LogP contribution in [0.4, 0.5) is 17.1 Å². The van der Waals surface area contributed by atoms with Gasteiger partial charge in [0.15, 0.2) is 0 Å². The number of carbonyl (C=O) groups is 1. The van der Waals surface area contributed by atoms with E-state index in [4.69, 9.17) is 4.74 Å². The summed E-state index contributed by atoms with van der Waals surface area (Å²) in [7, 11) is -6.20. The van der Waals surface area contributed by atoms with Gasteiger partial charge in [-0.1, -0.05) is 23.8 Å². The molecule has 1 amide bonds. The van der Waals surface area contributed by atoms with Crippen molar-refractivity contribution < 1.29 is 26.4 Å². The third-order valence-electron chi connectivity index (χ3n) is 5.36. The van der Waals surface area contributed by atoms with E-state index in [9.17, 15) is 21.6 Å². The molecule has 0 radical (unpaired) electrons. The van der Waals surface area contributed by atoms with Gasteiger partial charge in [-0.15, -0.1) is 0 Å². The zero-order valence-electron chi connectivity index (χ0n) is 20.7. The minimum absolute atomic E-state index is 0.0166. The fourth-order valence-corrected chi connectivity index (χ4v) is 5.60. The number of anilines is 3. The van der Waals surface area contributed by atoms with Gasteiger partial charge in [0.05, 0.1) is 29.6 Å². The third kappa shape index (κ3) is 6.55. The van der Waals surface area contributed by atoms with Crippen LogP contribution in [0.3, 0.4) is 0 Å². The van der Waals surface area contributed by atoms with E-state index in [1.807, 2.05) is 19.9 Å². The van der Waals surface area contributed by atoms with Gasteiger partial charge >= 0.3 is 0 Å². The number of methoxy groups -OCH3 is 1. The number of hydrogen-bond donors (Lipinski definition) is 2. The second-order valence-electron chi connectivity index (χ2n) is 8.44. The van der Waals surface area contributed by atoms with Crippen molar-refractivity contribution in [1.82, 2.24) is 0 Å². The van der Waals surface area contributed by atoms with Crippen molar-refractivity contribution in [2.75, 3.05) is 34.3 Å². The fraction of sp³-hybridized carbons (Fsp3) is 0.240. The van der Waals surface area contributed by atoms with Crippen molar-refractivity contribution in [2.24, 2.45) is 0 Å². The number of hydrogen-bond acceptors (Lipinski definition) is 6. The van der Waals surface area contributed by atoms with E-state index in [2.05, 4.69) is 10.0 Å². The van der Waals surface area contributed by atoms with Crippen LogP contribution in [-0.4, -0.2) is 42.7 Å². The van der Waals surface area contributed by atoms with Crippen molar-refractivity contribution in [3.63, 3.8) is 0 Å². The van der Waals surface area contributed by atoms with Crippen molar-refractivity contribution in [3.05, 3.63) is 77.4 Å². The SMILES string of the molecule is COc1ccc(C)cc1NS(=O)(=O)c1ccc(NC(=O)CN(c2ccc(C)cc2C)S(C)(=O)=O)cc1. The molecule has 0 saturated heterocycles. The lowest BCUT2D eigenvalue weighted by atomic mass is 10.1. The van der Waals surface area contributed by atoms with Gasteiger partial charge in [-0.05, 0) is 74.4 Å². The van der Waals surface area contributed by atoms with Crippen LogP contribution in [0.15, 0.2) is 65.6 Å². The van der Waals surface area contributed by atoms with Gasteiger partial charge in [0, 0.05) is 5.69 Å². The summed E-state index contributed by atoms with van der Waals surface area (Å²) in [6.07, 6.45) is 1.04. The minimum atomic E-state index is -3.92. The lowest BCUT2D eigenvalue weighted by Gasteiger charge is -2.24. The van der Waals surface area contributed by atoms with E-state index in [1.54, 1.807) is 37.3 Å². The number of nitrogens with zero attached hydrogens (tertiary/aromatic N) is 1. The highest BCUT2D eigenvalue weighted by molar-refractivity contribution is 7.92. The average molecular weight is 532 g/mol. The molecule has 0 fully saturated rings. The summed E-state index contributed by atoms with van der Waals surface area (Å²) >= 11 is 0. The molecule has 0 bridgehead atoms. The molecule has 0 aliphatic heterocycles. The van der Waals surface area contributed by atoms with Crippen molar-refractivity contribution >= 4 is 43.0 Å².